The lowest BCUT2D eigenvalue weighted by atomic mass is 9.77. The van der Waals surface area contributed by atoms with Crippen molar-refractivity contribution < 1.29 is 57.9 Å². The molecule has 384 valence electrons. The largest absolute Gasteiger partial charge is 0.460 e. The van der Waals surface area contributed by atoms with Crippen molar-refractivity contribution in [3.63, 3.8) is 0 Å². The molecule has 5 rings (SSSR count). The number of Topliss-reactive ketones (excluding diaryl/α,β-unsaturated/α-hetero) is 3. The van der Waals surface area contributed by atoms with Crippen molar-refractivity contribution >= 4 is 29.2 Å². The minimum absolute atomic E-state index is 0.0170. The predicted octanol–water partition coefficient (Wildman–Crippen LogP) is 6.05. The molecule has 3 fully saturated rings. The lowest BCUT2D eigenvalue weighted by Crippen LogP contribution is -2.61. The summed E-state index contributed by atoms with van der Waals surface area (Å²) in [6.07, 6.45) is 13.9. The highest BCUT2D eigenvalue weighted by Gasteiger charge is 2.53. The number of amides is 1. The first kappa shape index (κ1) is 55.7. The summed E-state index contributed by atoms with van der Waals surface area (Å²) >= 11 is 0. The summed E-state index contributed by atoms with van der Waals surface area (Å²) in [6, 6.07) is -1.19. The van der Waals surface area contributed by atoms with Gasteiger partial charge in [-0.05, 0) is 117 Å². The van der Waals surface area contributed by atoms with E-state index in [1.807, 2.05) is 58.1 Å². The number of allylic oxidation sites excluding steroid dienone is 6. The first-order valence-electron chi connectivity index (χ1n) is 25.0. The number of nitrogens with zero attached hydrogens (tertiary/aromatic N) is 5. The maximum Gasteiger partial charge on any atom is 0.329 e. The number of tetrazole rings is 1. The molecule has 1 saturated carbocycles. The summed E-state index contributed by atoms with van der Waals surface area (Å²) < 4.78 is 31.6. The summed E-state index contributed by atoms with van der Waals surface area (Å²) in [5.74, 6) is -7.92. The van der Waals surface area contributed by atoms with Gasteiger partial charge < -0.3 is 38.8 Å². The van der Waals surface area contributed by atoms with Gasteiger partial charge in [-0.3, -0.25) is 19.2 Å². The van der Waals surface area contributed by atoms with Crippen LogP contribution in [0.25, 0.3) is 0 Å². The third-order valence-corrected chi connectivity index (χ3v) is 15.2. The summed E-state index contributed by atoms with van der Waals surface area (Å²) in [7, 11) is 4.62. The topological polar surface area (TPSA) is 219 Å². The quantitative estimate of drug-likeness (QED) is 0.181. The number of carbonyl (C=O) groups is 5. The number of aromatic nitrogens is 4. The lowest BCUT2D eigenvalue weighted by Gasteiger charge is -2.42. The number of esters is 1. The number of ether oxygens (including phenoxy) is 5. The molecule has 2 N–H and O–H groups in total. The number of ketones is 3. The van der Waals surface area contributed by atoms with Crippen LogP contribution in [-0.4, -0.2) is 141 Å². The second-order valence-corrected chi connectivity index (χ2v) is 20.4. The molecule has 0 radical (unpaired) electrons. The molecule has 69 heavy (non-hydrogen) atoms. The average Bonchev–Trinajstić information content (AvgIpc) is 3.88. The number of rotatable bonds is 7. The van der Waals surface area contributed by atoms with Crippen LogP contribution in [0.3, 0.4) is 0 Å². The van der Waals surface area contributed by atoms with Gasteiger partial charge in [-0.25, -0.2) is 9.48 Å². The number of hydrogen-bond donors (Lipinski definition) is 2. The Morgan fingerprint density at radius 1 is 0.884 bits per heavy atom. The van der Waals surface area contributed by atoms with Gasteiger partial charge in [0.25, 0.3) is 11.7 Å². The van der Waals surface area contributed by atoms with Crippen LogP contribution in [0.2, 0.25) is 0 Å². The van der Waals surface area contributed by atoms with E-state index < -0.39 is 77.8 Å². The monoisotopic (exact) mass is 966 g/mol. The molecule has 2 bridgehead atoms. The Morgan fingerprint density at radius 3 is 2.32 bits per heavy atom. The summed E-state index contributed by atoms with van der Waals surface area (Å²) in [5, 5.41) is 35.2. The summed E-state index contributed by atoms with van der Waals surface area (Å²) in [4.78, 5) is 72.3. The molecular formula is C52H79N5O12. The highest BCUT2D eigenvalue weighted by molar-refractivity contribution is 6.39. The second kappa shape index (κ2) is 25.7. The van der Waals surface area contributed by atoms with Crippen LogP contribution in [0.5, 0.6) is 0 Å². The zero-order valence-corrected chi connectivity index (χ0v) is 42.5. The number of piperidine rings is 1. The van der Waals surface area contributed by atoms with Gasteiger partial charge >= 0.3 is 5.97 Å². The number of carbonyl (C=O) groups excluding carboxylic acids is 5. The van der Waals surface area contributed by atoms with E-state index in [9.17, 15) is 34.2 Å². The molecule has 17 heteroatoms. The molecule has 1 aliphatic carbocycles. The zero-order chi connectivity index (χ0) is 50.6. The van der Waals surface area contributed by atoms with Crippen molar-refractivity contribution in [1.82, 2.24) is 25.1 Å². The van der Waals surface area contributed by atoms with E-state index in [1.54, 1.807) is 52.1 Å². The molecular weight excluding hydrogens is 887 g/mol. The van der Waals surface area contributed by atoms with Crippen LogP contribution in [-0.2, 0) is 47.7 Å². The first-order chi connectivity index (χ1) is 32.8. The van der Waals surface area contributed by atoms with Gasteiger partial charge in [0, 0.05) is 58.5 Å². The van der Waals surface area contributed by atoms with E-state index in [1.165, 1.54) is 12.0 Å². The molecule has 17 nitrogen and oxygen atoms in total. The third-order valence-electron chi connectivity index (χ3n) is 15.2. The number of aliphatic hydroxyl groups is 2. The van der Waals surface area contributed by atoms with Crippen molar-refractivity contribution in [3.05, 3.63) is 53.9 Å². The minimum atomic E-state index is -2.43. The van der Waals surface area contributed by atoms with Gasteiger partial charge in [-0.15, -0.1) is 5.10 Å². The van der Waals surface area contributed by atoms with Crippen molar-refractivity contribution in [3.8, 4) is 0 Å². The SMILES string of the molecule is CO[C@H]1C[C@@H]2CCC(C)[C@@](O)(O2)C(=O)C(=O)N2CCCC[C@H]2C(=O)O[C@H]([C@H](C)C[C@@H]2CC[C@H](n3cnnn3)[C@H](OC)C2)CC(=O)[C@@H](C)/C=C(\C)[C@@H](O)[C@H](OC)C(=O)[C@@H](C)C[C@@H](C)\C=C/C=C\C=C/1C. The summed E-state index contributed by atoms with van der Waals surface area (Å²) in [5.41, 5.74) is 1.27. The highest BCUT2D eigenvalue weighted by Crippen LogP contribution is 2.39. The standard InChI is InChI=1S/C52H79N5O12/c1-31-16-12-11-13-17-32(2)43(65-8)28-39-21-19-37(7)52(64,69-39)49(61)50(62)56-23-15-14-18-41(56)51(63)68-44(34(4)26-38-20-22-40(45(27-38)66-9)57-30-53-54-55-57)29-42(58)33(3)25-36(6)47(60)48(67-10)46(59)35(5)24-31/h11-13,16-17,25,30-31,33-35,37-41,43-45,47-48,60,64H,14-15,18-24,26-29H2,1-10H3/b13-11-,16-12-,32-17-,36-25+/t31-,33-,34+,35-,37?,38-,39-,40-,41-,43-,44-,45+,47+,48+,52+/m0/s1. The molecule has 15 atom stereocenters. The molecule has 2 saturated heterocycles. The molecule has 4 heterocycles. The normalized spacial score (nSPS) is 38.8. The fraction of sp³-hybridized carbons (Fsp3) is 0.731. The molecule has 3 aliphatic heterocycles. The van der Waals surface area contributed by atoms with E-state index in [2.05, 4.69) is 15.5 Å². The Hall–Kier alpha value is -4.26. The van der Waals surface area contributed by atoms with Crippen LogP contribution >= 0.6 is 0 Å². The maximum absolute atomic E-state index is 14.5. The van der Waals surface area contributed by atoms with Gasteiger partial charge in [-0.1, -0.05) is 71.1 Å². The Morgan fingerprint density at radius 2 is 1.64 bits per heavy atom. The van der Waals surface area contributed by atoms with E-state index >= 15 is 0 Å². The van der Waals surface area contributed by atoms with Crippen molar-refractivity contribution in [2.75, 3.05) is 27.9 Å². The highest BCUT2D eigenvalue weighted by atomic mass is 16.6. The molecule has 4 aliphatic rings. The minimum Gasteiger partial charge on any atom is -0.460 e. The Labute approximate surface area is 408 Å². The smallest absolute Gasteiger partial charge is 0.329 e. The number of aliphatic hydroxyl groups excluding tert-OH is 1. The van der Waals surface area contributed by atoms with Gasteiger partial charge in [0.05, 0.1) is 24.4 Å². The van der Waals surface area contributed by atoms with Crippen molar-refractivity contribution in [2.24, 2.45) is 35.5 Å². The van der Waals surface area contributed by atoms with Crippen LogP contribution in [0.15, 0.2) is 53.9 Å². The maximum atomic E-state index is 14.5. The predicted molar refractivity (Wildman–Crippen MR) is 256 cm³/mol. The van der Waals surface area contributed by atoms with Crippen molar-refractivity contribution in [1.29, 1.82) is 0 Å². The molecule has 1 unspecified atom stereocenters. The number of methoxy groups -OCH3 is 3. The van der Waals surface area contributed by atoms with Crippen LogP contribution in [0.4, 0.5) is 0 Å². The Balaban J connectivity index is 1.46. The number of hydrogen-bond acceptors (Lipinski definition) is 15. The fourth-order valence-electron chi connectivity index (χ4n) is 10.7. The summed E-state index contributed by atoms with van der Waals surface area (Å²) in [6.45, 7) is 12.8. The average molecular weight is 966 g/mol. The van der Waals surface area contributed by atoms with Crippen LogP contribution < -0.4 is 0 Å². The number of fused-ring (bicyclic) bond motifs is 3. The van der Waals surface area contributed by atoms with E-state index in [0.717, 1.165) is 18.4 Å². The molecule has 0 spiro atoms. The van der Waals surface area contributed by atoms with Gasteiger partial charge in [-0.2, -0.15) is 0 Å². The Bertz CT molecular complexity index is 2020. The fourth-order valence-corrected chi connectivity index (χ4v) is 10.7. The zero-order valence-electron chi connectivity index (χ0n) is 42.5. The van der Waals surface area contributed by atoms with Gasteiger partial charge in [0.2, 0.25) is 5.79 Å². The van der Waals surface area contributed by atoms with Crippen LogP contribution in [0.1, 0.15) is 132 Å². The van der Waals surface area contributed by atoms with Crippen LogP contribution in [0, 0.1) is 35.5 Å². The lowest BCUT2D eigenvalue weighted by molar-refractivity contribution is -0.265. The van der Waals surface area contributed by atoms with E-state index in [-0.39, 0.29) is 60.9 Å². The molecule has 0 aromatic carbocycles. The molecule has 1 aromatic heterocycles. The first-order valence-corrected chi connectivity index (χ1v) is 25.0. The number of cyclic esters (lactones) is 1. The van der Waals surface area contributed by atoms with Gasteiger partial charge in [0.15, 0.2) is 5.78 Å². The van der Waals surface area contributed by atoms with Gasteiger partial charge in [0.1, 0.15) is 36.5 Å². The third kappa shape index (κ3) is 14.2. The second-order valence-electron chi connectivity index (χ2n) is 20.4. The molecule has 1 amide bonds. The van der Waals surface area contributed by atoms with Crippen molar-refractivity contribution in [2.45, 2.75) is 180 Å². The Kier molecular flexibility index (Phi) is 20.8. The van der Waals surface area contributed by atoms with E-state index in [0.29, 0.717) is 56.9 Å². The molecule has 1 aromatic rings. The van der Waals surface area contributed by atoms with E-state index in [4.69, 9.17) is 23.7 Å².